The van der Waals surface area contributed by atoms with Gasteiger partial charge in [-0.15, -0.1) is 0 Å². The molecular formula is C9H6Cl2N4O4S. The molecule has 0 fully saturated rings. The fourth-order valence-electron chi connectivity index (χ4n) is 1.26. The van der Waals surface area contributed by atoms with E-state index in [1.165, 1.54) is 0 Å². The highest BCUT2D eigenvalue weighted by atomic mass is 35.5. The van der Waals surface area contributed by atoms with Crippen molar-refractivity contribution < 1.29 is 18.3 Å². The molecule has 2 aromatic rings. The third-order valence-electron chi connectivity index (χ3n) is 2.18. The lowest BCUT2D eigenvalue weighted by molar-refractivity contribution is 0.0691. The molecule has 3 N–H and O–H groups in total. The quantitative estimate of drug-likeness (QED) is 0.728. The third-order valence-corrected chi connectivity index (χ3v) is 4.23. The molecule has 11 heteroatoms. The van der Waals surface area contributed by atoms with Crippen molar-refractivity contribution in [2.75, 3.05) is 4.72 Å². The molecule has 0 bridgehead atoms. The van der Waals surface area contributed by atoms with E-state index in [4.69, 9.17) is 28.3 Å². The topological polar surface area (TPSA) is 125 Å². The minimum absolute atomic E-state index is 0.111. The molecule has 0 aliphatic carbocycles. The molecule has 20 heavy (non-hydrogen) atoms. The van der Waals surface area contributed by atoms with Gasteiger partial charge in [-0.2, -0.15) is 0 Å². The van der Waals surface area contributed by atoms with Crippen LogP contribution in [0.1, 0.15) is 10.5 Å². The number of hydrogen-bond donors (Lipinski definition) is 3. The molecule has 0 radical (unpaired) electrons. The largest absolute Gasteiger partial charge is 0.477 e. The Morgan fingerprint density at radius 3 is 2.65 bits per heavy atom. The van der Waals surface area contributed by atoms with Gasteiger partial charge < -0.3 is 10.1 Å². The number of aromatic amines is 1. The van der Waals surface area contributed by atoms with Crippen LogP contribution in [0, 0.1) is 0 Å². The van der Waals surface area contributed by atoms with E-state index in [0.29, 0.717) is 0 Å². The maximum absolute atomic E-state index is 12.0. The summed E-state index contributed by atoms with van der Waals surface area (Å²) in [4.78, 5) is 19.9. The fraction of sp³-hybridized carbons (Fsp3) is 0. The Kier molecular flexibility index (Phi) is 3.84. The lowest BCUT2D eigenvalue weighted by atomic mass is 10.4. The lowest BCUT2D eigenvalue weighted by Crippen LogP contribution is -2.14. The molecule has 2 rings (SSSR count). The van der Waals surface area contributed by atoms with Gasteiger partial charge in [0.15, 0.2) is 11.0 Å². The molecule has 0 aliphatic rings. The van der Waals surface area contributed by atoms with Crippen molar-refractivity contribution in [1.29, 1.82) is 0 Å². The van der Waals surface area contributed by atoms with Gasteiger partial charge in [0.25, 0.3) is 10.0 Å². The van der Waals surface area contributed by atoms with E-state index in [2.05, 4.69) is 19.7 Å². The van der Waals surface area contributed by atoms with Crippen LogP contribution < -0.4 is 4.72 Å². The molecule has 0 amide bonds. The number of hydrogen-bond acceptors (Lipinski definition) is 5. The van der Waals surface area contributed by atoms with Crippen LogP contribution in [-0.4, -0.2) is 34.4 Å². The number of aromatic nitrogens is 3. The summed E-state index contributed by atoms with van der Waals surface area (Å²) in [5.41, 5.74) is -0.266. The van der Waals surface area contributed by atoms with Crippen molar-refractivity contribution in [3.8, 4) is 0 Å². The number of carbonyl (C=O) groups is 1. The molecule has 0 saturated heterocycles. The van der Waals surface area contributed by atoms with Crippen LogP contribution in [0.2, 0.25) is 10.2 Å². The van der Waals surface area contributed by atoms with Gasteiger partial charge in [-0.25, -0.2) is 23.2 Å². The fourth-order valence-corrected chi connectivity index (χ4v) is 2.61. The zero-order chi connectivity index (χ0) is 14.9. The van der Waals surface area contributed by atoms with Crippen LogP contribution in [0.4, 0.5) is 5.82 Å². The number of aromatic carboxylic acids is 1. The van der Waals surface area contributed by atoms with Gasteiger partial charge in [0, 0.05) is 6.20 Å². The average Bonchev–Trinajstić information content (AvgIpc) is 2.85. The summed E-state index contributed by atoms with van der Waals surface area (Å²) in [6, 6.07) is 0.960. The van der Waals surface area contributed by atoms with Gasteiger partial charge in [0.2, 0.25) is 0 Å². The highest BCUT2D eigenvalue weighted by Gasteiger charge is 2.20. The van der Waals surface area contributed by atoms with E-state index in [1.807, 2.05) is 0 Å². The first-order chi connectivity index (χ1) is 9.31. The van der Waals surface area contributed by atoms with E-state index in [9.17, 15) is 13.2 Å². The summed E-state index contributed by atoms with van der Waals surface area (Å²) in [6.45, 7) is 0. The van der Waals surface area contributed by atoms with Crippen LogP contribution >= 0.6 is 23.2 Å². The predicted octanol–water partition coefficient (Wildman–Crippen LogP) is 1.61. The number of nitrogens with zero attached hydrogens (tertiary/aromatic N) is 2. The molecular weight excluding hydrogens is 331 g/mol. The maximum Gasteiger partial charge on any atom is 0.352 e. The zero-order valence-corrected chi connectivity index (χ0v) is 11.8. The van der Waals surface area contributed by atoms with Crippen molar-refractivity contribution in [2.24, 2.45) is 0 Å². The molecule has 8 nitrogen and oxygen atoms in total. The highest BCUT2D eigenvalue weighted by molar-refractivity contribution is 7.92. The number of rotatable bonds is 4. The van der Waals surface area contributed by atoms with Gasteiger partial charge in [-0.05, 0) is 6.07 Å². The minimum Gasteiger partial charge on any atom is -0.477 e. The second kappa shape index (κ2) is 5.27. The number of carboxylic acid groups (broad SMARTS) is 1. The van der Waals surface area contributed by atoms with E-state index >= 15 is 0 Å². The maximum atomic E-state index is 12.0. The van der Waals surface area contributed by atoms with Crippen LogP contribution in [0.3, 0.4) is 0 Å². The van der Waals surface area contributed by atoms with E-state index in [1.54, 1.807) is 0 Å². The number of carboxylic acids is 1. The highest BCUT2D eigenvalue weighted by Crippen LogP contribution is 2.27. The van der Waals surface area contributed by atoms with E-state index in [0.717, 1.165) is 18.6 Å². The molecule has 2 aromatic heterocycles. The normalized spacial score (nSPS) is 11.3. The second-order valence-electron chi connectivity index (χ2n) is 3.49. The average molecular weight is 337 g/mol. The molecule has 106 valence electrons. The van der Waals surface area contributed by atoms with Crippen molar-refractivity contribution >= 4 is 45.0 Å². The monoisotopic (exact) mass is 336 g/mol. The van der Waals surface area contributed by atoms with Gasteiger partial charge in [-0.3, -0.25) is 4.72 Å². The molecule has 0 spiro atoms. The molecule has 0 aliphatic heterocycles. The van der Waals surface area contributed by atoms with Crippen molar-refractivity contribution in [2.45, 2.75) is 4.90 Å². The van der Waals surface area contributed by atoms with Gasteiger partial charge in [0.05, 0.1) is 0 Å². The van der Waals surface area contributed by atoms with E-state index < -0.39 is 16.0 Å². The van der Waals surface area contributed by atoms with Crippen molar-refractivity contribution in [3.05, 3.63) is 34.5 Å². The number of anilines is 1. The van der Waals surface area contributed by atoms with Crippen LogP contribution in [0.25, 0.3) is 0 Å². The van der Waals surface area contributed by atoms with Crippen molar-refractivity contribution in [3.63, 3.8) is 0 Å². The molecule has 0 atom stereocenters. The molecule has 0 saturated carbocycles. The molecule has 2 heterocycles. The Morgan fingerprint density at radius 1 is 1.35 bits per heavy atom. The standard InChI is InChI=1S/C9H6Cl2N4O4S/c10-6-7(11)13-3-14-8(6)15-20(18,19)4-1-5(9(16)17)12-2-4/h1-3,12H,(H,16,17)(H,13,14,15). The van der Waals surface area contributed by atoms with Crippen LogP contribution in [0.15, 0.2) is 23.5 Å². The number of H-pyrrole nitrogens is 1. The number of sulfonamides is 1. The number of halogens is 2. The van der Waals surface area contributed by atoms with Gasteiger partial charge >= 0.3 is 5.97 Å². The smallest absolute Gasteiger partial charge is 0.352 e. The van der Waals surface area contributed by atoms with Gasteiger partial charge in [-0.1, -0.05) is 23.2 Å². The lowest BCUT2D eigenvalue weighted by Gasteiger charge is -2.07. The summed E-state index contributed by atoms with van der Waals surface area (Å²) in [5, 5.41) is 8.46. The summed E-state index contributed by atoms with van der Waals surface area (Å²) in [7, 11) is -4.04. The Morgan fingerprint density at radius 2 is 2.05 bits per heavy atom. The molecule has 0 unspecified atom stereocenters. The summed E-state index contributed by atoms with van der Waals surface area (Å²) in [5.74, 6) is -1.49. The van der Waals surface area contributed by atoms with Gasteiger partial charge in [0.1, 0.15) is 21.9 Å². The Hall–Kier alpha value is -1.84. The molecule has 0 aromatic carbocycles. The SMILES string of the molecule is O=C(O)c1cc(S(=O)(=O)Nc2ncnc(Cl)c2Cl)c[nH]1. The predicted molar refractivity (Wildman–Crippen MR) is 70.6 cm³/mol. The Bertz CT molecular complexity index is 774. The van der Waals surface area contributed by atoms with Crippen LogP contribution in [-0.2, 0) is 10.0 Å². The zero-order valence-electron chi connectivity index (χ0n) is 9.46. The first-order valence-electron chi connectivity index (χ1n) is 4.92. The number of nitrogens with one attached hydrogen (secondary N) is 2. The first kappa shape index (κ1) is 14.6. The van der Waals surface area contributed by atoms with E-state index in [-0.39, 0.29) is 26.6 Å². The second-order valence-corrected chi connectivity index (χ2v) is 5.91. The summed E-state index contributed by atoms with van der Waals surface area (Å²) in [6.07, 6.45) is 2.06. The minimum atomic E-state index is -4.04. The van der Waals surface area contributed by atoms with Crippen LogP contribution in [0.5, 0.6) is 0 Å². The van der Waals surface area contributed by atoms with Crippen molar-refractivity contribution in [1.82, 2.24) is 15.0 Å². The Balaban J connectivity index is 2.35. The Labute approximate surface area is 122 Å². The third kappa shape index (κ3) is 2.84. The summed E-state index contributed by atoms with van der Waals surface area (Å²) >= 11 is 11.4. The first-order valence-corrected chi connectivity index (χ1v) is 7.15. The summed E-state index contributed by atoms with van der Waals surface area (Å²) < 4.78 is 26.1.